The summed E-state index contributed by atoms with van der Waals surface area (Å²) >= 11 is 7.43. The molecule has 0 saturated carbocycles. The van der Waals surface area contributed by atoms with Crippen LogP contribution in [0.5, 0.6) is 11.5 Å². The largest absolute Gasteiger partial charge is 0.497 e. The standard InChI is InChI=1S/C24H21ClN4O4S/c1-32-17-8-9-18(20(12-17)33-2)27-24(31)28-19-5-3-4-6-21(19)34-14-16-11-23(30)29-13-15(25)7-10-22(29)26-16/h3-13H,14H2,1-2H3,(H2,27,28,31). The second kappa shape index (κ2) is 10.5. The zero-order valence-corrected chi connectivity index (χ0v) is 19.9. The van der Waals surface area contributed by atoms with Crippen molar-refractivity contribution in [3.05, 3.63) is 87.9 Å². The first-order valence-electron chi connectivity index (χ1n) is 10.2. The fourth-order valence-corrected chi connectivity index (χ4v) is 4.29. The second-order valence-electron chi connectivity index (χ2n) is 7.09. The molecular formula is C24H21ClN4O4S. The van der Waals surface area contributed by atoms with Gasteiger partial charge in [-0.3, -0.25) is 9.20 Å². The fourth-order valence-electron chi connectivity index (χ4n) is 3.23. The number of aromatic nitrogens is 2. The van der Waals surface area contributed by atoms with Crippen molar-refractivity contribution in [2.45, 2.75) is 10.6 Å². The van der Waals surface area contributed by atoms with Gasteiger partial charge < -0.3 is 20.1 Å². The molecule has 8 nitrogen and oxygen atoms in total. The summed E-state index contributed by atoms with van der Waals surface area (Å²) < 4.78 is 11.9. The molecule has 0 fully saturated rings. The smallest absolute Gasteiger partial charge is 0.323 e. The van der Waals surface area contributed by atoms with Crippen LogP contribution in [0.2, 0.25) is 5.02 Å². The van der Waals surface area contributed by atoms with Crippen molar-refractivity contribution in [2.75, 3.05) is 24.9 Å². The molecule has 0 saturated heterocycles. The minimum absolute atomic E-state index is 0.206. The molecule has 0 aliphatic heterocycles. The monoisotopic (exact) mass is 496 g/mol. The summed E-state index contributed by atoms with van der Waals surface area (Å²) in [5.74, 6) is 1.54. The van der Waals surface area contributed by atoms with Crippen molar-refractivity contribution in [1.82, 2.24) is 9.38 Å². The quantitative estimate of drug-likeness (QED) is 0.337. The van der Waals surface area contributed by atoms with E-state index in [0.29, 0.717) is 45.0 Å². The van der Waals surface area contributed by atoms with Gasteiger partial charge in [-0.25, -0.2) is 9.78 Å². The molecule has 0 spiro atoms. The highest BCUT2D eigenvalue weighted by Crippen LogP contribution is 2.31. The summed E-state index contributed by atoms with van der Waals surface area (Å²) in [5.41, 5.74) is 2.07. The third-order valence-corrected chi connectivity index (χ3v) is 6.17. The van der Waals surface area contributed by atoms with Crippen LogP contribution in [-0.2, 0) is 5.75 Å². The lowest BCUT2D eigenvalue weighted by Gasteiger charge is -2.14. The Labute approximate surface area is 204 Å². The Morgan fingerprint density at radius 2 is 1.82 bits per heavy atom. The van der Waals surface area contributed by atoms with Crippen LogP contribution in [0.3, 0.4) is 0 Å². The number of hydrogen-bond acceptors (Lipinski definition) is 6. The van der Waals surface area contributed by atoms with E-state index in [1.54, 1.807) is 49.7 Å². The van der Waals surface area contributed by atoms with Crippen molar-refractivity contribution in [1.29, 1.82) is 0 Å². The molecule has 2 aromatic heterocycles. The van der Waals surface area contributed by atoms with Gasteiger partial charge in [-0.2, -0.15) is 0 Å². The van der Waals surface area contributed by atoms with Gasteiger partial charge in [0.25, 0.3) is 5.56 Å². The van der Waals surface area contributed by atoms with Gasteiger partial charge in [0.15, 0.2) is 0 Å². The molecule has 0 atom stereocenters. The van der Waals surface area contributed by atoms with E-state index < -0.39 is 6.03 Å². The van der Waals surface area contributed by atoms with Crippen LogP contribution in [-0.4, -0.2) is 29.6 Å². The number of thioether (sulfide) groups is 1. The summed E-state index contributed by atoms with van der Waals surface area (Å²) in [5, 5.41) is 6.11. The zero-order valence-electron chi connectivity index (χ0n) is 18.4. The number of ether oxygens (including phenoxy) is 2. The maximum atomic E-state index is 12.7. The normalized spacial score (nSPS) is 10.7. The molecule has 0 radical (unpaired) electrons. The molecule has 4 aromatic rings. The topological polar surface area (TPSA) is 94.0 Å². The third-order valence-electron chi connectivity index (χ3n) is 4.84. The Kier molecular flexibility index (Phi) is 7.24. The molecule has 0 bridgehead atoms. The number of methoxy groups -OCH3 is 2. The average molecular weight is 497 g/mol. The van der Waals surface area contributed by atoms with E-state index in [-0.39, 0.29) is 5.56 Å². The number of urea groups is 1. The molecular weight excluding hydrogens is 476 g/mol. The first-order chi connectivity index (χ1) is 16.5. The second-order valence-corrected chi connectivity index (χ2v) is 8.55. The number of anilines is 2. The van der Waals surface area contributed by atoms with Gasteiger partial charge in [0.1, 0.15) is 17.1 Å². The fraction of sp³-hybridized carbons (Fsp3) is 0.125. The molecule has 2 aromatic carbocycles. The number of pyridine rings is 1. The molecule has 10 heteroatoms. The zero-order chi connectivity index (χ0) is 24.1. The van der Waals surface area contributed by atoms with Gasteiger partial charge >= 0.3 is 6.03 Å². The van der Waals surface area contributed by atoms with Gasteiger partial charge in [0.05, 0.1) is 36.3 Å². The van der Waals surface area contributed by atoms with E-state index >= 15 is 0 Å². The highest BCUT2D eigenvalue weighted by atomic mass is 35.5. The lowest BCUT2D eigenvalue weighted by molar-refractivity contribution is 0.262. The number of rotatable bonds is 7. The molecule has 2 amide bonds. The Hall–Kier alpha value is -3.69. The van der Waals surface area contributed by atoms with E-state index in [1.165, 1.54) is 29.3 Å². The highest BCUT2D eigenvalue weighted by molar-refractivity contribution is 7.98. The average Bonchev–Trinajstić information content (AvgIpc) is 2.84. The Bertz CT molecular complexity index is 1410. The van der Waals surface area contributed by atoms with Gasteiger partial charge in [0.2, 0.25) is 0 Å². The Balaban J connectivity index is 1.47. The van der Waals surface area contributed by atoms with Crippen molar-refractivity contribution in [3.8, 4) is 11.5 Å². The number of nitrogens with zero attached hydrogens (tertiary/aromatic N) is 2. The molecule has 2 N–H and O–H groups in total. The lowest BCUT2D eigenvalue weighted by atomic mass is 10.2. The maximum absolute atomic E-state index is 12.7. The number of carbonyl (C=O) groups excluding carboxylic acids is 1. The van der Waals surface area contributed by atoms with Crippen LogP contribution < -0.4 is 25.7 Å². The van der Waals surface area contributed by atoms with Gasteiger partial charge in [0, 0.05) is 29.0 Å². The van der Waals surface area contributed by atoms with Crippen LogP contribution in [0.25, 0.3) is 5.65 Å². The molecule has 0 aliphatic carbocycles. The van der Waals surface area contributed by atoms with E-state index in [4.69, 9.17) is 21.1 Å². The van der Waals surface area contributed by atoms with Crippen LogP contribution >= 0.6 is 23.4 Å². The van der Waals surface area contributed by atoms with Crippen molar-refractivity contribution in [2.24, 2.45) is 0 Å². The summed E-state index contributed by atoms with van der Waals surface area (Å²) in [6.07, 6.45) is 1.54. The minimum Gasteiger partial charge on any atom is -0.497 e. The summed E-state index contributed by atoms with van der Waals surface area (Å²) in [6, 6.07) is 17.0. The van der Waals surface area contributed by atoms with Crippen molar-refractivity contribution >= 4 is 46.4 Å². The molecule has 4 rings (SSSR count). The molecule has 174 valence electrons. The van der Waals surface area contributed by atoms with E-state index in [2.05, 4.69) is 15.6 Å². The molecule has 0 unspecified atom stereocenters. The van der Waals surface area contributed by atoms with Crippen LogP contribution in [0.15, 0.2) is 76.6 Å². The number of fused-ring (bicyclic) bond motifs is 1. The number of amides is 2. The number of hydrogen-bond donors (Lipinski definition) is 2. The van der Waals surface area contributed by atoms with E-state index in [9.17, 15) is 9.59 Å². The number of benzene rings is 2. The van der Waals surface area contributed by atoms with Gasteiger partial charge in [-0.05, 0) is 36.4 Å². The lowest BCUT2D eigenvalue weighted by Crippen LogP contribution is -2.20. The predicted octanol–water partition coefficient (Wildman–Crippen LogP) is 5.30. The molecule has 34 heavy (non-hydrogen) atoms. The van der Waals surface area contributed by atoms with Crippen LogP contribution in [0.1, 0.15) is 5.69 Å². The first kappa shape index (κ1) is 23.5. The molecule has 2 heterocycles. The number of nitrogens with one attached hydrogen (secondary N) is 2. The number of halogens is 1. The summed E-state index contributed by atoms with van der Waals surface area (Å²) in [4.78, 5) is 30.4. The first-order valence-corrected chi connectivity index (χ1v) is 11.5. The number of para-hydroxylation sites is 1. The minimum atomic E-state index is -0.421. The number of carbonyl (C=O) groups is 1. The highest BCUT2D eigenvalue weighted by Gasteiger charge is 2.12. The van der Waals surface area contributed by atoms with Gasteiger partial charge in [-0.1, -0.05) is 23.7 Å². The third kappa shape index (κ3) is 5.44. The maximum Gasteiger partial charge on any atom is 0.323 e. The summed E-state index contributed by atoms with van der Waals surface area (Å²) in [7, 11) is 3.08. The van der Waals surface area contributed by atoms with Crippen LogP contribution in [0.4, 0.5) is 16.2 Å². The van der Waals surface area contributed by atoms with Crippen LogP contribution in [0, 0.1) is 0 Å². The van der Waals surface area contributed by atoms with Crippen molar-refractivity contribution < 1.29 is 14.3 Å². The van der Waals surface area contributed by atoms with Gasteiger partial charge in [-0.15, -0.1) is 11.8 Å². The van der Waals surface area contributed by atoms with E-state index in [0.717, 1.165) is 4.90 Å². The van der Waals surface area contributed by atoms with Crippen molar-refractivity contribution in [3.63, 3.8) is 0 Å². The SMILES string of the molecule is COc1ccc(NC(=O)Nc2ccccc2SCc2cc(=O)n3cc(Cl)ccc3n2)c(OC)c1. The Morgan fingerprint density at radius 1 is 1.03 bits per heavy atom. The molecule has 0 aliphatic rings. The summed E-state index contributed by atoms with van der Waals surface area (Å²) in [6.45, 7) is 0. The Morgan fingerprint density at radius 3 is 2.62 bits per heavy atom. The van der Waals surface area contributed by atoms with E-state index in [1.807, 2.05) is 18.2 Å². The predicted molar refractivity (Wildman–Crippen MR) is 135 cm³/mol.